The van der Waals surface area contributed by atoms with E-state index in [1.807, 2.05) is 52.0 Å². The second-order valence-corrected chi connectivity index (χ2v) is 11.9. The number of benzene rings is 4. The maximum Gasteiger partial charge on any atom is 0.162 e. The molecule has 2 heterocycles. The van der Waals surface area contributed by atoms with Gasteiger partial charge in [-0.2, -0.15) is 0 Å². The van der Waals surface area contributed by atoms with Gasteiger partial charge < -0.3 is 9.84 Å². The minimum Gasteiger partial charge on any atom is -0.512 e. The van der Waals surface area contributed by atoms with Gasteiger partial charge in [-0.3, -0.25) is 9.78 Å². The van der Waals surface area contributed by atoms with Gasteiger partial charge in [0.15, 0.2) is 5.78 Å². The Labute approximate surface area is 292 Å². The number of ketones is 1. The van der Waals surface area contributed by atoms with Gasteiger partial charge >= 0.3 is 0 Å². The molecular weight excluding hydrogens is 761 g/mol. The Hall–Kier alpha value is -4.12. The van der Waals surface area contributed by atoms with Crippen LogP contribution in [0.1, 0.15) is 64.5 Å². The van der Waals surface area contributed by atoms with Crippen LogP contribution in [0.4, 0.5) is 0 Å². The first kappa shape index (κ1) is 35.7. The molecule has 1 aliphatic rings. The number of aliphatic hydroxyl groups is 1. The molecule has 0 bridgehead atoms. The number of hydrogen-bond donors (Lipinski definition) is 1. The summed E-state index contributed by atoms with van der Waals surface area (Å²) in [7, 11) is 0. The van der Waals surface area contributed by atoms with Crippen LogP contribution in [0.3, 0.4) is 0 Å². The predicted octanol–water partition coefficient (Wildman–Crippen LogP) is 11.0. The van der Waals surface area contributed by atoms with E-state index in [9.17, 15) is 9.90 Å². The Bertz CT molecular complexity index is 1860. The zero-order valence-electron chi connectivity index (χ0n) is 28.1. The molecule has 1 N–H and O–H groups in total. The summed E-state index contributed by atoms with van der Waals surface area (Å²) < 4.78 is 6.44. The predicted molar refractivity (Wildman–Crippen MR) is 188 cm³/mol. The van der Waals surface area contributed by atoms with Crippen LogP contribution in [0.25, 0.3) is 44.4 Å². The fourth-order valence-corrected chi connectivity index (χ4v) is 6.35. The maximum atomic E-state index is 11.7. The molecule has 0 atom stereocenters. The molecule has 6 heteroatoms. The number of ether oxygens (including phenoxy) is 1. The maximum absolute atomic E-state index is 11.7. The van der Waals surface area contributed by atoms with E-state index in [0.717, 1.165) is 70.6 Å². The summed E-state index contributed by atoms with van der Waals surface area (Å²) in [5.41, 5.74) is 8.33. The van der Waals surface area contributed by atoms with Crippen molar-refractivity contribution in [2.24, 2.45) is 11.8 Å². The topological polar surface area (TPSA) is 72.3 Å². The smallest absolute Gasteiger partial charge is 0.162 e. The molecule has 1 radical (unpaired) electrons. The van der Waals surface area contributed by atoms with Crippen molar-refractivity contribution in [1.82, 2.24) is 9.97 Å². The van der Waals surface area contributed by atoms with Gasteiger partial charge in [-0.05, 0) is 73.4 Å². The zero-order valence-corrected chi connectivity index (χ0v) is 30.5. The number of hydrogen-bond acceptors (Lipinski definition) is 5. The largest absolute Gasteiger partial charge is 0.512 e. The average molecular weight is 804 g/mol. The third-order valence-corrected chi connectivity index (χ3v) is 9.06. The summed E-state index contributed by atoms with van der Waals surface area (Å²) in [5.74, 6) is 2.21. The molecule has 0 spiro atoms. The van der Waals surface area contributed by atoms with E-state index in [4.69, 9.17) is 4.74 Å². The quantitative estimate of drug-likeness (QED) is 0.0895. The molecule has 0 saturated heterocycles. The first-order chi connectivity index (χ1) is 22.3. The summed E-state index contributed by atoms with van der Waals surface area (Å²) in [4.78, 5) is 20.9. The SMILES string of the molecule is CCC(CC)C(=O)/C=C(\O)C(CC)CC.Cc1cccc(C)c1-c1cc(-c2[c-]ccc3c2Oc2cccc4cccc-3c24)ncn1.[Ir]. The normalized spacial score (nSPS) is 11.8. The van der Waals surface area contributed by atoms with E-state index in [1.165, 1.54) is 28.2 Å². The minimum atomic E-state index is 0. The molecule has 0 amide bonds. The Kier molecular flexibility index (Phi) is 12.3. The van der Waals surface area contributed by atoms with Crippen molar-refractivity contribution in [3.63, 3.8) is 0 Å². The number of allylic oxidation sites excluding steroid dienone is 2. The number of rotatable bonds is 9. The average Bonchev–Trinajstić information content (AvgIpc) is 3.06. The summed E-state index contributed by atoms with van der Waals surface area (Å²) >= 11 is 0. The molecule has 5 nitrogen and oxygen atoms in total. The van der Waals surface area contributed by atoms with Gasteiger partial charge in [-0.15, -0.1) is 18.2 Å². The number of carbonyl (C=O) groups is 1. The van der Waals surface area contributed by atoms with E-state index in [0.29, 0.717) is 0 Å². The van der Waals surface area contributed by atoms with Gasteiger partial charge in [0.1, 0.15) is 12.1 Å². The molecular formula is C41H43IrN2O3-. The first-order valence-electron chi connectivity index (χ1n) is 16.4. The van der Waals surface area contributed by atoms with E-state index < -0.39 is 0 Å². The molecule has 47 heavy (non-hydrogen) atoms. The summed E-state index contributed by atoms with van der Waals surface area (Å²) in [6.45, 7) is 12.3. The molecule has 1 aliphatic heterocycles. The third kappa shape index (κ3) is 7.56. The van der Waals surface area contributed by atoms with E-state index in [-0.39, 0.29) is 43.5 Å². The van der Waals surface area contributed by atoms with Gasteiger partial charge in [0.2, 0.25) is 0 Å². The van der Waals surface area contributed by atoms with Crippen LogP contribution in [0, 0.1) is 31.7 Å². The molecule has 0 fully saturated rings. The number of aromatic nitrogens is 2. The van der Waals surface area contributed by atoms with Crippen molar-refractivity contribution in [2.45, 2.75) is 67.2 Å². The number of aliphatic hydroxyl groups excluding tert-OH is 1. The number of carbonyl (C=O) groups excluding carboxylic acids is 1. The van der Waals surface area contributed by atoms with Crippen LogP contribution in [0.2, 0.25) is 0 Å². The molecule has 0 aliphatic carbocycles. The number of aryl methyl sites for hydroxylation is 2. The van der Waals surface area contributed by atoms with Crippen molar-refractivity contribution >= 4 is 16.6 Å². The zero-order chi connectivity index (χ0) is 32.8. The molecule has 0 unspecified atom stereocenters. The Morgan fingerprint density at radius 1 is 0.830 bits per heavy atom. The van der Waals surface area contributed by atoms with Crippen LogP contribution in [-0.4, -0.2) is 20.9 Å². The molecule has 4 aromatic carbocycles. The van der Waals surface area contributed by atoms with Crippen molar-refractivity contribution in [2.75, 3.05) is 0 Å². The second kappa shape index (κ2) is 16.1. The van der Waals surface area contributed by atoms with Crippen LogP contribution in [-0.2, 0) is 24.9 Å². The first-order valence-corrected chi connectivity index (χ1v) is 16.4. The van der Waals surface area contributed by atoms with Crippen LogP contribution in [0.15, 0.2) is 91.0 Å². The standard InChI is InChI=1S/C28H19N2O.C13H24O2.Ir/c1-17-7-3-8-18(2)26(17)24-15-23(29-16-30-24)22-13-6-12-21-20-11-4-9-19-10-5-14-25(27(19)20)31-28(21)22;1-5-10(6-2)12(14)9-13(15)11(7-3)8-4;/h3-12,14-16H,1-2H3;9-11,14H,5-8H2,1-4H3;/q-1;;/b;12-9-;. The molecule has 245 valence electrons. The minimum absolute atomic E-state index is 0. The summed E-state index contributed by atoms with van der Waals surface area (Å²) in [6, 6.07) is 28.3. The van der Waals surface area contributed by atoms with E-state index in [2.05, 4.69) is 78.4 Å². The number of fused-ring (bicyclic) bond motifs is 2. The Balaban J connectivity index is 0.000000269. The monoisotopic (exact) mass is 804 g/mol. The van der Waals surface area contributed by atoms with Gasteiger partial charge in [-0.25, -0.2) is 4.98 Å². The Morgan fingerprint density at radius 2 is 1.45 bits per heavy atom. The van der Waals surface area contributed by atoms with Crippen LogP contribution >= 0.6 is 0 Å². The van der Waals surface area contributed by atoms with Crippen molar-refractivity contribution in [3.8, 4) is 45.1 Å². The van der Waals surface area contributed by atoms with Gasteiger partial charge in [0.25, 0.3) is 0 Å². The van der Waals surface area contributed by atoms with Crippen molar-refractivity contribution in [3.05, 3.63) is 108 Å². The van der Waals surface area contributed by atoms with Crippen molar-refractivity contribution in [1.29, 1.82) is 0 Å². The molecule has 0 saturated carbocycles. The fraction of sp³-hybridized carbons (Fsp3) is 0.293. The van der Waals surface area contributed by atoms with Gasteiger partial charge in [0.05, 0.1) is 17.2 Å². The van der Waals surface area contributed by atoms with Crippen LogP contribution < -0.4 is 4.74 Å². The molecule has 1 aromatic heterocycles. The van der Waals surface area contributed by atoms with Gasteiger partial charge in [-0.1, -0.05) is 93.4 Å². The third-order valence-electron chi connectivity index (χ3n) is 9.06. The Morgan fingerprint density at radius 3 is 2.11 bits per heavy atom. The fourth-order valence-electron chi connectivity index (χ4n) is 6.35. The van der Waals surface area contributed by atoms with Crippen molar-refractivity contribution < 1.29 is 34.7 Å². The van der Waals surface area contributed by atoms with E-state index in [1.54, 1.807) is 6.33 Å². The van der Waals surface area contributed by atoms with E-state index >= 15 is 0 Å². The summed E-state index contributed by atoms with van der Waals surface area (Å²) in [6.07, 6.45) is 6.53. The number of nitrogens with zero attached hydrogens (tertiary/aromatic N) is 2. The van der Waals surface area contributed by atoms with Gasteiger partial charge in [0, 0.05) is 49.0 Å². The second-order valence-electron chi connectivity index (χ2n) is 11.9. The molecule has 5 aromatic rings. The summed E-state index contributed by atoms with van der Waals surface area (Å²) in [5, 5.41) is 12.1. The molecule has 6 rings (SSSR count). The van der Waals surface area contributed by atoms with Crippen LogP contribution in [0.5, 0.6) is 11.5 Å².